The van der Waals surface area contributed by atoms with Gasteiger partial charge in [-0.2, -0.15) is 0 Å². The van der Waals surface area contributed by atoms with Crippen LogP contribution in [0.2, 0.25) is 0 Å². The molecule has 1 aromatic rings. The molecule has 2 atom stereocenters. The van der Waals surface area contributed by atoms with Gasteiger partial charge < -0.3 is 15.3 Å². The molecule has 3 N–H and O–H groups in total. The summed E-state index contributed by atoms with van der Waals surface area (Å²) in [5.74, 6) is -0.565. The van der Waals surface area contributed by atoms with Gasteiger partial charge in [0.05, 0.1) is 0 Å². The molecule has 20 heavy (non-hydrogen) atoms. The van der Waals surface area contributed by atoms with E-state index in [1.807, 2.05) is 0 Å². The van der Waals surface area contributed by atoms with E-state index in [0.717, 1.165) is 0 Å². The maximum atomic E-state index is 11.7. The molecule has 0 saturated carbocycles. The van der Waals surface area contributed by atoms with Gasteiger partial charge in [0.15, 0.2) is 0 Å². The molecule has 1 amide bonds. The summed E-state index contributed by atoms with van der Waals surface area (Å²) in [6, 6.07) is -0.612. The number of carboxylic acid groups (broad SMARTS) is 1. The van der Waals surface area contributed by atoms with E-state index < -0.39 is 12.0 Å². The summed E-state index contributed by atoms with van der Waals surface area (Å²) in [6.45, 7) is 0. The molecule has 1 unspecified atom stereocenters. The zero-order valence-electron chi connectivity index (χ0n) is 10.1. The minimum atomic E-state index is -1.11. The Kier molecular flexibility index (Phi) is 3.44. The standard InChI is InChI=1S/C10H10N4O4S2/c11-5-7(15)14-6(9(16)17)4(1-19-8(5)14)2-20-10-13-12-3-18-10/h3,5,8H,1-2,11H2,(H,16,17)/t5?,8-/m1/s1. The highest BCUT2D eigenvalue weighted by Gasteiger charge is 2.51. The van der Waals surface area contributed by atoms with E-state index >= 15 is 0 Å². The summed E-state index contributed by atoms with van der Waals surface area (Å²) in [7, 11) is 0. The molecule has 0 radical (unpaired) electrons. The number of aliphatic carboxylic acids is 1. The molecule has 3 heterocycles. The van der Waals surface area contributed by atoms with Gasteiger partial charge in [0.1, 0.15) is 17.1 Å². The third-order valence-corrected chi connectivity index (χ3v) is 5.28. The van der Waals surface area contributed by atoms with Gasteiger partial charge in [-0.25, -0.2) is 4.79 Å². The summed E-state index contributed by atoms with van der Waals surface area (Å²) >= 11 is 2.71. The summed E-state index contributed by atoms with van der Waals surface area (Å²) in [5.41, 5.74) is 6.36. The Balaban J connectivity index is 1.82. The molecular weight excluding hydrogens is 304 g/mol. The number of hydrogen-bond acceptors (Lipinski definition) is 8. The second-order valence-corrected chi connectivity index (χ2v) is 6.22. The lowest BCUT2D eigenvalue weighted by Gasteiger charge is -2.48. The van der Waals surface area contributed by atoms with Crippen LogP contribution in [0.25, 0.3) is 0 Å². The molecule has 106 valence electrons. The number of amides is 1. The molecule has 2 aliphatic heterocycles. The van der Waals surface area contributed by atoms with Gasteiger partial charge in [0, 0.05) is 11.5 Å². The Morgan fingerprint density at radius 2 is 2.50 bits per heavy atom. The highest BCUT2D eigenvalue weighted by molar-refractivity contribution is 8.01. The zero-order chi connectivity index (χ0) is 14.3. The van der Waals surface area contributed by atoms with Crippen LogP contribution in [0, 0.1) is 0 Å². The number of hydrogen-bond donors (Lipinski definition) is 2. The molecular formula is C10H10N4O4S2. The van der Waals surface area contributed by atoms with Gasteiger partial charge in [-0.05, 0) is 5.57 Å². The lowest BCUT2D eigenvalue weighted by Crippen LogP contribution is -2.68. The van der Waals surface area contributed by atoms with E-state index in [-0.39, 0.29) is 17.0 Å². The number of rotatable bonds is 4. The maximum Gasteiger partial charge on any atom is 0.352 e. The third kappa shape index (κ3) is 2.09. The fourth-order valence-corrected chi connectivity index (χ4v) is 4.24. The van der Waals surface area contributed by atoms with Crippen molar-refractivity contribution in [2.24, 2.45) is 5.73 Å². The molecule has 1 saturated heterocycles. The highest BCUT2D eigenvalue weighted by Crippen LogP contribution is 2.40. The second kappa shape index (κ2) is 5.11. The van der Waals surface area contributed by atoms with Gasteiger partial charge in [-0.1, -0.05) is 11.8 Å². The predicted molar refractivity (Wildman–Crippen MR) is 70.8 cm³/mol. The van der Waals surface area contributed by atoms with Crippen molar-refractivity contribution in [3.8, 4) is 0 Å². The van der Waals surface area contributed by atoms with Crippen molar-refractivity contribution in [3.05, 3.63) is 17.7 Å². The third-order valence-electron chi connectivity index (χ3n) is 3.00. The van der Waals surface area contributed by atoms with E-state index in [1.165, 1.54) is 34.8 Å². The largest absolute Gasteiger partial charge is 0.477 e. The number of aromatic nitrogens is 2. The van der Waals surface area contributed by atoms with E-state index in [2.05, 4.69) is 10.2 Å². The maximum absolute atomic E-state index is 11.7. The molecule has 8 nitrogen and oxygen atoms in total. The van der Waals surface area contributed by atoms with Crippen molar-refractivity contribution in [3.63, 3.8) is 0 Å². The number of nitrogens with zero attached hydrogens (tertiary/aromatic N) is 3. The Morgan fingerprint density at radius 3 is 3.15 bits per heavy atom. The number of carbonyl (C=O) groups is 2. The normalized spacial score (nSPS) is 25.4. The number of nitrogens with two attached hydrogens (primary N) is 1. The molecule has 0 bridgehead atoms. The molecule has 1 fully saturated rings. The van der Waals surface area contributed by atoms with E-state index in [4.69, 9.17) is 10.2 Å². The minimum Gasteiger partial charge on any atom is -0.477 e. The van der Waals surface area contributed by atoms with Crippen LogP contribution in [-0.4, -0.2) is 55.0 Å². The van der Waals surface area contributed by atoms with Crippen molar-refractivity contribution in [1.29, 1.82) is 0 Å². The Hall–Kier alpha value is -1.52. The average molecular weight is 314 g/mol. The van der Waals surface area contributed by atoms with Crippen molar-refractivity contribution in [1.82, 2.24) is 15.1 Å². The van der Waals surface area contributed by atoms with Crippen molar-refractivity contribution in [2.45, 2.75) is 16.6 Å². The first-order valence-corrected chi connectivity index (χ1v) is 7.67. The molecule has 10 heteroatoms. The lowest BCUT2D eigenvalue weighted by atomic mass is 10.0. The number of thioether (sulfide) groups is 2. The fraction of sp³-hybridized carbons (Fsp3) is 0.400. The molecule has 0 aliphatic carbocycles. The Labute approximate surface area is 121 Å². The SMILES string of the molecule is NC1C(=O)N2C(C(=O)O)=C(CSc3nnco3)CS[C@H]12. The van der Waals surface area contributed by atoms with Crippen LogP contribution in [0.4, 0.5) is 0 Å². The number of carbonyl (C=O) groups excluding carboxylic acids is 1. The molecule has 3 rings (SSSR count). The van der Waals surface area contributed by atoms with E-state index in [0.29, 0.717) is 22.3 Å². The van der Waals surface area contributed by atoms with Crippen molar-refractivity contribution >= 4 is 35.4 Å². The van der Waals surface area contributed by atoms with Crippen LogP contribution < -0.4 is 5.73 Å². The summed E-state index contributed by atoms with van der Waals surface area (Å²) in [5, 5.41) is 16.7. The summed E-state index contributed by atoms with van der Waals surface area (Å²) in [6.07, 6.45) is 1.21. The number of β-lactam (4-membered cyclic amide) rings is 1. The van der Waals surface area contributed by atoms with Gasteiger partial charge in [-0.15, -0.1) is 22.0 Å². The molecule has 0 spiro atoms. The number of fused-ring (bicyclic) bond motifs is 1. The van der Waals surface area contributed by atoms with Gasteiger partial charge in [-0.3, -0.25) is 9.69 Å². The average Bonchev–Trinajstić information content (AvgIpc) is 2.96. The molecule has 2 aliphatic rings. The topological polar surface area (TPSA) is 123 Å². The first-order chi connectivity index (χ1) is 9.59. The van der Waals surface area contributed by atoms with Gasteiger partial charge >= 0.3 is 5.97 Å². The highest BCUT2D eigenvalue weighted by atomic mass is 32.2. The van der Waals surface area contributed by atoms with Crippen LogP contribution in [0.5, 0.6) is 0 Å². The van der Waals surface area contributed by atoms with Crippen molar-refractivity contribution < 1.29 is 19.1 Å². The van der Waals surface area contributed by atoms with Crippen LogP contribution in [0.3, 0.4) is 0 Å². The van der Waals surface area contributed by atoms with E-state index in [9.17, 15) is 14.7 Å². The van der Waals surface area contributed by atoms with Crippen LogP contribution >= 0.6 is 23.5 Å². The first-order valence-electron chi connectivity index (χ1n) is 5.64. The predicted octanol–water partition coefficient (Wildman–Crippen LogP) is -0.257. The van der Waals surface area contributed by atoms with E-state index in [1.54, 1.807) is 0 Å². The zero-order valence-corrected chi connectivity index (χ0v) is 11.7. The Bertz CT molecular complexity index is 588. The van der Waals surface area contributed by atoms with Crippen molar-refractivity contribution in [2.75, 3.05) is 11.5 Å². The van der Waals surface area contributed by atoms with Crippen LogP contribution in [-0.2, 0) is 9.59 Å². The van der Waals surface area contributed by atoms with Gasteiger partial charge in [0.2, 0.25) is 12.3 Å². The lowest BCUT2D eigenvalue weighted by molar-refractivity contribution is -0.147. The number of carboxylic acids is 1. The second-order valence-electron chi connectivity index (χ2n) is 4.19. The van der Waals surface area contributed by atoms with Gasteiger partial charge in [0.25, 0.3) is 5.22 Å². The monoisotopic (exact) mass is 314 g/mol. The van der Waals surface area contributed by atoms with Crippen LogP contribution in [0.1, 0.15) is 0 Å². The Morgan fingerprint density at radius 1 is 1.70 bits per heavy atom. The summed E-state index contributed by atoms with van der Waals surface area (Å²) < 4.78 is 4.98. The van der Waals surface area contributed by atoms with Crippen LogP contribution in [0.15, 0.2) is 27.3 Å². The fourth-order valence-electron chi connectivity index (χ4n) is 2.07. The molecule has 0 aromatic carbocycles. The molecule has 1 aromatic heterocycles. The quantitative estimate of drug-likeness (QED) is 0.571. The smallest absolute Gasteiger partial charge is 0.352 e. The first kappa shape index (κ1) is 13.5. The summed E-state index contributed by atoms with van der Waals surface area (Å²) in [4.78, 5) is 24.4. The minimum absolute atomic E-state index is 0.0347.